The number of carbonyl (C=O) groups is 1. The third-order valence-electron chi connectivity index (χ3n) is 4.81. The lowest BCUT2D eigenvalue weighted by Crippen LogP contribution is -2.44. The molecule has 1 aliphatic rings. The predicted octanol–water partition coefficient (Wildman–Crippen LogP) is 3.07. The van der Waals surface area contributed by atoms with E-state index in [-0.39, 0.29) is 5.91 Å². The van der Waals surface area contributed by atoms with Crippen molar-refractivity contribution in [2.45, 2.75) is 44.7 Å². The minimum atomic E-state index is -0.491. The van der Waals surface area contributed by atoms with Gasteiger partial charge >= 0.3 is 0 Å². The molecule has 1 aromatic heterocycles. The Morgan fingerprint density at radius 1 is 1.35 bits per heavy atom. The van der Waals surface area contributed by atoms with Gasteiger partial charge in [-0.05, 0) is 51.7 Å². The summed E-state index contributed by atoms with van der Waals surface area (Å²) in [5, 5.41) is 5.43. The van der Waals surface area contributed by atoms with Crippen LogP contribution >= 0.6 is 0 Å². The van der Waals surface area contributed by atoms with Gasteiger partial charge in [-0.15, -0.1) is 0 Å². The van der Waals surface area contributed by atoms with E-state index in [1.807, 2.05) is 38.2 Å². The van der Waals surface area contributed by atoms with E-state index in [1.54, 1.807) is 0 Å². The molecule has 0 bridgehead atoms. The molecule has 1 amide bonds. The first kappa shape index (κ1) is 15.9. The van der Waals surface area contributed by atoms with Crippen LogP contribution in [0, 0.1) is 0 Å². The predicted molar refractivity (Wildman–Crippen MR) is 93.2 cm³/mol. The van der Waals surface area contributed by atoms with Gasteiger partial charge in [-0.1, -0.05) is 24.3 Å². The maximum absolute atomic E-state index is 12.5. The van der Waals surface area contributed by atoms with E-state index in [1.165, 1.54) is 6.42 Å². The molecule has 1 aromatic carbocycles. The number of rotatable bonds is 4. The topological polar surface area (TPSA) is 45.2 Å². The number of likely N-dealkylation sites (tertiary alicyclic amines) is 1. The Balaban J connectivity index is 1.79. The number of amides is 1. The molecule has 2 aromatic rings. The molecule has 3 rings (SSSR count). The molecule has 23 heavy (non-hydrogen) atoms. The van der Waals surface area contributed by atoms with Crippen molar-refractivity contribution < 1.29 is 4.79 Å². The van der Waals surface area contributed by atoms with Gasteiger partial charge in [-0.3, -0.25) is 9.78 Å². The van der Waals surface area contributed by atoms with Crippen molar-refractivity contribution in [2.75, 3.05) is 13.6 Å². The molecule has 4 nitrogen and oxygen atoms in total. The van der Waals surface area contributed by atoms with Gasteiger partial charge in [0.25, 0.3) is 0 Å². The Bertz CT molecular complexity index is 705. The Hall–Kier alpha value is -1.94. The van der Waals surface area contributed by atoms with E-state index in [0.717, 1.165) is 29.4 Å². The second-order valence-electron chi connectivity index (χ2n) is 7.03. The third-order valence-corrected chi connectivity index (χ3v) is 4.81. The molecule has 1 fully saturated rings. The van der Waals surface area contributed by atoms with Crippen LogP contribution in [0.25, 0.3) is 10.8 Å². The summed E-state index contributed by atoms with van der Waals surface area (Å²) in [6, 6.07) is 10.5. The molecule has 1 aliphatic heterocycles. The van der Waals surface area contributed by atoms with Crippen LogP contribution in [0.1, 0.15) is 38.8 Å². The number of aromatic nitrogens is 1. The summed E-state index contributed by atoms with van der Waals surface area (Å²) in [6.45, 7) is 5.14. The van der Waals surface area contributed by atoms with Crippen LogP contribution in [0.4, 0.5) is 0 Å². The van der Waals surface area contributed by atoms with Crippen LogP contribution in [0.3, 0.4) is 0 Å². The minimum absolute atomic E-state index is 0.100. The summed E-state index contributed by atoms with van der Waals surface area (Å²) in [7, 11) is 2.10. The maximum atomic E-state index is 12.5. The molecule has 2 heterocycles. The zero-order chi connectivity index (χ0) is 16.4. The highest BCUT2D eigenvalue weighted by Gasteiger charge is 2.29. The number of carbonyl (C=O) groups excluding carboxylic acids is 1. The highest BCUT2D eigenvalue weighted by atomic mass is 16.1. The van der Waals surface area contributed by atoms with Crippen molar-refractivity contribution in [1.29, 1.82) is 0 Å². The molecule has 0 aliphatic carbocycles. The first-order valence-corrected chi connectivity index (χ1v) is 8.33. The monoisotopic (exact) mass is 311 g/mol. The fraction of sp³-hybridized carbons (Fsp3) is 0.474. The fourth-order valence-corrected chi connectivity index (χ4v) is 3.53. The van der Waals surface area contributed by atoms with E-state index in [0.29, 0.717) is 12.5 Å². The average molecular weight is 311 g/mol. The summed E-state index contributed by atoms with van der Waals surface area (Å²) < 4.78 is 0. The van der Waals surface area contributed by atoms with Crippen molar-refractivity contribution in [3.05, 3.63) is 42.2 Å². The number of nitrogens with one attached hydrogen (secondary N) is 1. The summed E-state index contributed by atoms with van der Waals surface area (Å²) in [5.41, 5.74) is 0.429. The molecule has 0 unspecified atom stereocenters. The molecule has 1 N–H and O–H groups in total. The largest absolute Gasteiger partial charge is 0.346 e. The first-order chi connectivity index (χ1) is 11.0. The van der Waals surface area contributed by atoms with Gasteiger partial charge in [0.15, 0.2) is 0 Å². The summed E-state index contributed by atoms with van der Waals surface area (Å²) in [4.78, 5) is 19.3. The lowest BCUT2D eigenvalue weighted by molar-refractivity contribution is -0.123. The molecule has 1 saturated heterocycles. The first-order valence-electron chi connectivity index (χ1n) is 8.33. The van der Waals surface area contributed by atoms with Crippen LogP contribution in [-0.2, 0) is 10.3 Å². The standard InChI is InChI=1S/C19H25N3O/c1-19(2,21-17(23)13-15-8-6-12-22(15)3)18-16-9-5-4-7-14(16)10-11-20-18/h4-5,7,9-11,15H,6,8,12-13H2,1-3H3,(H,21,23)/t15-/m1/s1. The Labute approximate surface area is 137 Å². The average Bonchev–Trinajstić information content (AvgIpc) is 2.91. The van der Waals surface area contributed by atoms with Crippen molar-refractivity contribution in [1.82, 2.24) is 15.2 Å². The van der Waals surface area contributed by atoms with Gasteiger partial charge in [0, 0.05) is 24.0 Å². The highest BCUT2D eigenvalue weighted by molar-refractivity contribution is 5.86. The normalized spacial score (nSPS) is 19.2. The lowest BCUT2D eigenvalue weighted by atomic mass is 9.94. The number of nitrogens with zero attached hydrogens (tertiary/aromatic N) is 2. The van der Waals surface area contributed by atoms with Gasteiger partial charge in [0.05, 0.1) is 11.2 Å². The Morgan fingerprint density at radius 2 is 2.13 bits per heavy atom. The van der Waals surface area contributed by atoms with Gasteiger partial charge in [0.2, 0.25) is 5.91 Å². The van der Waals surface area contributed by atoms with Gasteiger partial charge in [-0.2, -0.15) is 0 Å². The number of hydrogen-bond donors (Lipinski definition) is 1. The van der Waals surface area contributed by atoms with Crippen molar-refractivity contribution in [2.24, 2.45) is 0 Å². The minimum Gasteiger partial charge on any atom is -0.346 e. The molecular weight excluding hydrogens is 286 g/mol. The number of hydrogen-bond acceptors (Lipinski definition) is 3. The highest BCUT2D eigenvalue weighted by Crippen LogP contribution is 2.27. The molecule has 0 saturated carbocycles. The molecular formula is C19H25N3O. The quantitative estimate of drug-likeness (QED) is 0.944. The fourth-order valence-electron chi connectivity index (χ4n) is 3.53. The van der Waals surface area contributed by atoms with Crippen LogP contribution in [-0.4, -0.2) is 35.4 Å². The van der Waals surface area contributed by atoms with Crippen molar-refractivity contribution >= 4 is 16.7 Å². The summed E-state index contributed by atoms with van der Waals surface area (Å²) >= 11 is 0. The van der Waals surface area contributed by atoms with Gasteiger partial charge in [-0.25, -0.2) is 0 Å². The number of benzene rings is 1. The Kier molecular flexibility index (Phi) is 4.35. The zero-order valence-electron chi connectivity index (χ0n) is 14.2. The second kappa shape index (κ2) is 6.28. The SMILES string of the molecule is CN1CCC[C@@H]1CC(=O)NC(C)(C)c1nccc2ccccc12. The van der Waals surface area contributed by atoms with Crippen LogP contribution in [0.5, 0.6) is 0 Å². The molecule has 0 spiro atoms. The summed E-state index contributed by atoms with van der Waals surface area (Å²) in [6.07, 6.45) is 4.67. The number of pyridine rings is 1. The summed E-state index contributed by atoms with van der Waals surface area (Å²) in [5.74, 6) is 0.100. The van der Waals surface area contributed by atoms with E-state index in [9.17, 15) is 4.79 Å². The smallest absolute Gasteiger partial charge is 0.222 e. The third kappa shape index (κ3) is 3.37. The van der Waals surface area contributed by atoms with E-state index in [2.05, 4.69) is 34.4 Å². The van der Waals surface area contributed by atoms with Crippen LogP contribution < -0.4 is 5.32 Å². The van der Waals surface area contributed by atoms with Gasteiger partial charge in [0.1, 0.15) is 0 Å². The second-order valence-corrected chi connectivity index (χ2v) is 7.03. The molecule has 1 atom stereocenters. The Morgan fingerprint density at radius 3 is 2.87 bits per heavy atom. The van der Waals surface area contributed by atoms with E-state index in [4.69, 9.17) is 0 Å². The molecule has 122 valence electrons. The maximum Gasteiger partial charge on any atom is 0.222 e. The van der Waals surface area contributed by atoms with Crippen LogP contribution in [0.15, 0.2) is 36.5 Å². The van der Waals surface area contributed by atoms with Gasteiger partial charge < -0.3 is 10.2 Å². The van der Waals surface area contributed by atoms with Crippen molar-refractivity contribution in [3.8, 4) is 0 Å². The lowest BCUT2D eigenvalue weighted by Gasteiger charge is -2.28. The van der Waals surface area contributed by atoms with E-state index < -0.39 is 5.54 Å². The van der Waals surface area contributed by atoms with Crippen molar-refractivity contribution in [3.63, 3.8) is 0 Å². The molecule has 4 heteroatoms. The van der Waals surface area contributed by atoms with E-state index >= 15 is 0 Å². The van der Waals surface area contributed by atoms with Crippen LogP contribution in [0.2, 0.25) is 0 Å². The zero-order valence-corrected chi connectivity index (χ0v) is 14.2. The number of fused-ring (bicyclic) bond motifs is 1. The molecule has 0 radical (unpaired) electrons.